The Labute approximate surface area is 163 Å². The van der Waals surface area contributed by atoms with Crippen LogP contribution < -0.4 is 10.6 Å². The van der Waals surface area contributed by atoms with Crippen molar-refractivity contribution in [3.63, 3.8) is 0 Å². The summed E-state index contributed by atoms with van der Waals surface area (Å²) in [4.78, 5) is 33.4. The summed E-state index contributed by atoms with van der Waals surface area (Å²) in [7, 11) is 0. The van der Waals surface area contributed by atoms with Gasteiger partial charge in [-0.1, -0.05) is 12.2 Å². The summed E-state index contributed by atoms with van der Waals surface area (Å²) in [6, 6.07) is 1.86. The Morgan fingerprint density at radius 1 is 1.29 bits per heavy atom. The number of rotatable bonds is 4. The number of aromatic nitrogens is 4. The highest BCUT2D eigenvalue weighted by Gasteiger charge is 2.35. The zero-order chi connectivity index (χ0) is 19.7. The molecule has 2 aromatic rings. The lowest BCUT2D eigenvalue weighted by molar-refractivity contribution is -0.127. The first-order valence-electron chi connectivity index (χ1n) is 9.93. The Bertz CT molecular complexity index is 934. The minimum absolute atomic E-state index is 0.0178. The molecule has 0 aromatic carbocycles. The van der Waals surface area contributed by atoms with Crippen molar-refractivity contribution in [2.75, 3.05) is 0 Å². The van der Waals surface area contributed by atoms with Crippen molar-refractivity contribution in [3.05, 3.63) is 35.4 Å². The van der Waals surface area contributed by atoms with Gasteiger partial charge in [-0.15, -0.1) is 5.10 Å². The molecule has 4 rings (SSSR count). The molecule has 1 saturated heterocycles. The van der Waals surface area contributed by atoms with Crippen LogP contribution >= 0.6 is 0 Å². The zero-order valence-electron chi connectivity index (χ0n) is 16.3. The molecule has 2 aliphatic rings. The van der Waals surface area contributed by atoms with Crippen molar-refractivity contribution < 1.29 is 9.59 Å². The van der Waals surface area contributed by atoms with E-state index < -0.39 is 0 Å². The van der Waals surface area contributed by atoms with E-state index in [1.807, 2.05) is 19.9 Å². The second-order valence-corrected chi connectivity index (χ2v) is 7.81. The van der Waals surface area contributed by atoms with Crippen LogP contribution in [0.2, 0.25) is 0 Å². The zero-order valence-corrected chi connectivity index (χ0v) is 16.3. The van der Waals surface area contributed by atoms with Gasteiger partial charge in [0, 0.05) is 23.9 Å². The van der Waals surface area contributed by atoms with Gasteiger partial charge in [0.15, 0.2) is 5.82 Å². The number of nitrogens with one attached hydrogen (secondary N) is 2. The summed E-state index contributed by atoms with van der Waals surface area (Å²) < 4.78 is 1.66. The molecular weight excluding hydrogens is 356 g/mol. The van der Waals surface area contributed by atoms with E-state index >= 15 is 0 Å². The molecule has 8 nitrogen and oxygen atoms in total. The Hall–Kier alpha value is -2.77. The summed E-state index contributed by atoms with van der Waals surface area (Å²) in [5.74, 6) is 1.28. The summed E-state index contributed by atoms with van der Waals surface area (Å²) in [6.45, 7) is 3.85. The molecule has 0 saturated carbocycles. The van der Waals surface area contributed by atoms with E-state index in [0.717, 1.165) is 30.7 Å². The highest BCUT2D eigenvalue weighted by molar-refractivity contribution is 5.80. The van der Waals surface area contributed by atoms with Gasteiger partial charge < -0.3 is 10.6 Å². The molecule has 3 heterocycles. The monoisotopic (exact) mass is 382 g/mol. The van der Waals surface area contributed by atoms with Gasteiger partial charge in [-0.3, -0.25) is 9.59 Å². The summed E-state index contributed by atoms with van der Waals surface area (Å²) >= 11 is 0. The number of aryl methyl sites for hydroxylation is 2. The maximum Gasteiger partial charge on any atom is 0.252 e. The lowest BCUT2D eigenvalue weighted by atomic mass is 9.81. The van der Waals surface area contributed by atoms with Gasteiger partial charge in [0.05, 0.1) is 12.5 Å². The van der Waals surface area contributed by atoms with E-state index in [9.17, 15) is 9.59 Å². The molecule has 28 heavy (non-hydrogen) atoms. The molecular formula is C20H26N6O2. The molecule has 0 radical (unpaired) electrons. The molecule has 1 fully saturated rings. The molecule has 8 heteroatoms. The second kappa shape index (κ2) is 7.69. The number of amides is 2. The minimum atomic E-state index is -0.122. The SMILES string of the molecule is Cc1cc(C)n2nc(CC(=O)N[C@@H]3CCC(=O)N[C@H]3C3CC=CCC3)nc2n1. The van der Waals surface area contributed by atoms with Gasteiger partial charge in [0.25, 0.3) is 5.78 Å². The van der Waals surface area contributed by atoms with Crippen LogP contribution in [0.5, 0.6) is 0 Å². The third kappa shape index (κ3) is 3.90. The Morgan fingerprint density at radius 2 is 2.14 bits per heavy atom. The molecule has 0 spiro atoms. The van der Waals surface area contributed by atoms with Crippen molar-refractivity contribution in [1.29, 1.82) is 0 Å². The van der Waals surface area contributed by atoms with E-state index in [1.54, 1.807) is 4.52 Å². The average Bonchev–Trinajstić information content (AvgIpc) is 3.06. The normalized spacial score (nSPS) is 24.9. The van der Waals surface area contributed by atoms with Crippen LogP contribution in [0.1, 0.15) is 49.3 Å². The van der Waals surface area contributed by atoms with E-state index in [1.165, 1.54) is 0 Å². The van der Waals surface area contributed by atoms with Gasteiger partial charge in [-0.2, -0.15) is 4.98 Å². The number of carbonyl (C=O) groups is 2. The smallest absolute Gasteiger partial charge is 0.252 e. The number of fused-ring (bicyclic) bond motifs is 1. The van der Waals surface area contributed by atoms with E-state index in [0.29, 0.717) is 30.4 Å². The van der Waals surface area contributed by atoms with Crippen molar-refractivity contribution in [2.24, 2.45) is 5.92 Å². The number of nitrogens with zero attached hydrogens (tertiary/aromatic N) is 4. The van der Waals surface area contributed by atoms with Crippen LogP contribution in [0.25, 0.3) is 5.78 Å². The fraction of sp³-hybridized carbons (Fsp3) is 0.550. The van der Waals surface area contributed by atoms with Gasteiger partial charge in [-0.05, 0) is 51.5 Å². The van der Waals surface area contributed by atoms with Crippen molar-refractivity contribution in [3.8, 4) is 0 Å². The third-order valence-corrected chi connectivity index (χ3v) is 5.59. The van der Waals surface area contributed by atoms with Crippen molar-refractivity contribution in [1.82, 2.24) is 30.2 Å². The van der Waals surface area contributed by atoms with E-state index in [2.05, 4.69) is 37.9 Å². The number of hydrogen-bond acceptors (Lipinski definition) is 5. The van der Waals surface area contributed by atoms with Gasteiger partial charge in [0.2, 0.25) is 11.8 Å². The standard InChI is InChI=1S/C20H26N6O2/c1-12-10-13(2)26-20(21-12)23-16(25-26)11-18(28)22-15-8-9-17(27)24-19(15)14-6-4-3-5-7-14/h3-4,10,14-15,19H,5-9,11H2,1-2H3,(H,22,28)(H,24,27)/t14?,15-,19+/m1/s1. The maximum absolute atomic E-state index is 12.7. The lowest BCUT2D eigenvalue weighted by Crippen LogP contribution is -2.58. The molecule has 1 aliphatic heterocycles. The van der Waals surface area contributed by atoms with Gasteiger partial charge in [0.1, 0.15) is 0 Å². The van der Waals surface area contributed by atoms with Crippen LogP contribution in [-0.2, 0) is 16.0 Å². The first-order valence-corrected chi connectivity index (χ1v) is 9.93. The number of allylic oxidation sites excluding steroid dienone is 2. The number of carbonyl (C=O) groups excluding carboxylic acids is 2. The molecule has 1 unspecified atom stereocenters. The van der Waals surface area contributed by atoms with E-state index in [-0.39, 0.29) is 30.3 Å². The first-order chi connectivity index (χ1) is 13.5. The Balaban J connectivity index is 1.45. The molecule has 0 bridgehead atoms. The molecule has 3 atom stereocenters. The van der Waals surface area contributed by atoms with E-state index in [4.69, 9.17) is 0 Å². The molecule has 2 aromatic heterocycles. The predicted molar refractivity (Wildman–Crippen MR) is 104 cm³/mol. The van der Waals surface area contributed by atoms with Crippen LogP contribution in [0.3, 0.4) is 0 Å². The second-order valence-electron chi connectivity index (χ2n) is 7.81. The largest absolute Gasteiger partial charge is 0.351 e. The van der Waals surface area contributed by atoms with Crippen molar-refractivity contribution >= 4 is 17.6 Å². The minimum Gasteiger partial charge on any atom is -0.351 e. The van der Waals surface area contributed by atoms with Crippen LogP contribution in [-0.4, -0.2) is 43.5 Å². The lowest BCUT2D eigenvalue weighted by Gasteiger charge is -2.38. The molecule has 2 N–H and O–H groups in total. The highest BCUT2D eigenvalue weighted by atomic mass is 16.2. The fourth-order valence-electron chi connectivity index (χ4n) is 4.26. The fourth-order valence-corrected chi connectivity index (χ4v) is 4.26. The molecule has 2 amide bonds. The van der Waals surface area contributed by atoms with Crippen LogP contribution in [0.15, 0.2) is 18.2 Å². The quantitative estimate of drug-likeness (QED) is 0.779. The van der Waals surface area contributed by atoms with Crippen LogP contribution in [0, 0.1) is 19.8 Å². The van der Waals surface area contributed by atoms with Crippen LogP contribution in [0.4, 0.5) is 0 Å². The third-order valence-electron chi connectivity index (χ3n) is 5.59. The topological polar surface area (TPSA) is 101 Å². The Kier molecular flexibility index (Phi) is 5.11. The first kappa shape index (κ1) is 18.6. The number of hydrogen-bond donors (Lipinski definition) is 2. The maximum atomic E-state index is 12.7. The van der Waals surface area contributed by atoms with Crippen molar-refractivity contribution in [2.45, 2.75) is 64.5 Å². The highest BCUT2D eigenvalue weighted by Crippen LogP contribution is 2.27. The Morgan fingerprint density at radius 3 is 2.93 bits per heavy atom. The molecule has 148 valence electrons. The van der Waals surface area contributed by atoms with Gasteiger partial charge >= 0.3 is 0 Å². The summed E-state index contributed by atoms with van der Waals surface area (Å²) in [5.41, 5.74) is 1.80. The molecule has 1 aliphatic carbocycles. The van der Waals surface area contributed by atoms with Gasteiger partial charge in [-0.25, -0.2) is 9.50 Å². The summed E-state index contributed by atoms with van der Waals surface area (Å²) in [6.07, 6.45) is 8.56. The predicted octanol–water partition coefficient (Wildman–Crippen LogP) is 1.40. The average molecular weight is 382 g/mol. The number of piperidine rings is 1. The summed E-state index contributed by atoms with van der Waals surface area (Å²) in [5, 5.41) is 10.6.